The van der Waals surface area contributed by atoms with Crippen LogP contribution in [0.5, 0.6) is 0 Å². The molecule has 0 bridgehead atoms. The van der Waals surface area contributed by atoms with Crippen molar-refractivity contribution in [3.05, 3.63) is 35.4 Å². The van der Waals surface area contributed by atoms with Crippen LogP contribution in [0.1, 0.15) is 22.3 Å². The van der Waals surface area contributed by atoms with Gasteiger partial charge in [-0.3, -0.25) is 4.79 Å². The van der Waals surface area contributed by atoms with Crippen LogP contribution in [0.2, 0.25) is 0 Å². The average molecular weight is 311 g/mol. The molecule has 0 aliphatic carbocycles. The van der Waals surface area contributed by atoms with Gasteiger partial charge < -0.3 is 10.4 Å². The topological polar surface area (TPSA) is 101 Å². The maximum atomic E-state index is 11.9. The van der Waals surface area contributed by atoms with Crippen molar-refractivity contribution in [2.24, 2.45) is 5.92 Å². The molecular weight excluding hydrogens is 294 g/mol. The van der Waals surface area contributed by atoms with Crippen molar-refractivity contribution < 1.29 is 23.1 Å². The number of benzene rings is 1. The van der Waals surface area contributed by atoms with Gasteiger partial charge in [0.1, 0.15) is 0 Å². The molecule has 1 unspecified atom stereocenters. The highest BCUT2D eigenvalue weighted by molar-refractivity contribution is 7.91. The molecule has 1 aliphatic heterocycles. The van der Waals surface area contributed by atoms with E-state index in [1.54, 1.807) is 18.2 Å². The fraction of sp³-hybridized carbons (Fsp3) is 0.429. The maximum absolute atomic E-state index is 11.9. The Balaban J connectivity index is 1.88. The third-order valence-electron chi connectivity index (χ3n) is 3.54. The molecule has 7 heteroatoms. The van der Waals surface area contributed by atoms with E-state index < -0.39 is 21.7 Å². The van der Waals surface area contributed by atoms with Gasteiger partial charge in [0.15, 0.2) is 9.84 Å². The summed E-state index contributed by atoms with van der Waals surface area (Å²) in [5, 5.41) is 11.7. The first-order valence-electron chi connectivity index (χ1n) is 6.68. The molecule has 2 N–H and O–H groups in total. The first-order chi connectivity index (χ1) is 9.89. The Morgan fingerprint density at radius 2 is 2.00 bits per heavy atom. The van der Waals surface area contributed by atoms with Crippen LogP contribution in [0.4, 0.5) is 0 Å². The van der Waals surface area contributed by atoms with Gasteiger partial charge in [-0.15, -0.1) is 0 Å². The van der Waals surface area contributed by atoms with Crippen molar-refractivity contribution >= 4 is 21.7 Å². The number of carbonyl (C=O) groups is 2. The molecule has 1 saturated heterocycles. The van der Waals surface area contributed by atoms with Gasteiger partial charge in [0, 0.05) is 6.54 Å². The lowest BCUT2D eigenvalue weighted by atomic mass is 10.0. The second-order valence-corrected chi connectivity index (χ2v) is 7.33. The van der Waals surface area contributed by atoms with Crippen molar-refractivity contribution in [1.29, 1.82) is 0 Å². The Kier molecular flexibility index (Phi) is 4.62. The minimum Gasteiger partial charge on any atom is -0.478 e. The first-order valence-corrected chi connectivity index (χ1v) is 8.50. The van der Waals surface area contributed by atoms with Crippen LogP contribution in [0.15, 0.2) is 24.3 Å². The summed E-state index contributed by atoms with van der Waals surface area (Å²) >= 11 is 0. The molecule has 0 aromatic heterocycles. The Morgan fingerprint density at radius 1 is 1.29 bits per heavy atom. The number of carbonyl (C=O) groups excluding carboxylic acids is 1. The quantitative estimate of drug-likeness (QED) is 0.823. The molecule has 1 atom stereocenters. The molecule has 0 spiro atoms. The summed E-state index contributed by atoms with van der Waals surface area (Å²) in [6.07, 6.45) is 0.758. The fourth-order valence-corrected chi connectivity index (χ4v) is 4.15. The third-order valence-corrected chi connectivity index (χ3v) is 5.31. The number of hydrogen-bond donors (Lipinski definition) is 2. The van der Waals surface area contributed by atoms with E-state index in [2.05, 4.69) is 5.32 Å². The summed E-state index contributed by atoms with van der Waals surface area (Å²) in [6, 6.07) is 6.61. The summed E-state index contributed by atoms with van der Waals surface area (Å²) in [4.78, 5) is 22.9. The zero-order valence-electron chi connectivity index (χ0n) is 11.4. The van der Waals surface area contributed by atoms with E-state index in [-0.39, 0.29) is 23.0 Å². The summed E-state index contributed by atoms with van der Waals surface area (Å²) in [5.74, 6) is -1.79. The molecular formula is C14H17NO5S. The van der Waals surface area contributed by atoms with E-state index in [0.717, 1.165) is 0 Å². The monoisotopic (exact) mass is 311 g/mol. The predicted molar refractivity (Wildman–Crippen MR) is 76.9 cm³/mol. The van der Waals surface area contributed by atoms with E-state index in [4.69, 9.17) is 5.11 Å². The number of aromatic carboxylic acids is 1. The number of sulfone groups is 1. The van der Waals surface area contributed by atoms with Crippen molar-refractivity contribution in [3.8, 4) is 0 Å². The number of rotatable bonds is 5. The zero-order chi connectivity index (χ0) is 15.5. The Morgan fingerprint density at radius 3 is 2.62 bits per heavy atom. The summed E-state index contributed by atoms with van der Waals surface area (Å²) in [6.45, 7) is 0.291. The van der Waals surface area contributed by atoms with Gasteiger partial charge >= 0.3 is 5.97 Å². The highest BCUT2D eigenvalue weighted by Gasteiger charge is 2.32. The van der Waals surface area contributed by atoms with Crippen molar-refractivity contribution in [2.45, 2.75) is 12.8 Å². The van der Waals surface area contributed by atoms with E-state index in [9.17, 15) is 18.0 Å². The van der Waals surface area contributed by atoms with Crippen molar-refractivity contribution in [1.82, 2.24) is 5.32 Å². The minimum atomic E-state index is -3.07. The SMILES string of the molecule is O=C(O)c1ccccc1CCNC(=O)C1CCS(=O)(=O)C1. The molecule has 21 heavy (non-hydrogen) atoms. The Labute approximate surface area is 123 Å². The average Bonchev–Trinajstić information content (AvgIpc) is 2.79. The molecule has 0 radical (unpaired) electrons. The van der Waals surface area contributed by atoms with Gasteiger partial charge in [0.25, 0.3) is 0 Å². The van der Waals surface area contributed by atoms with Crippen LogP contribution in [0.3, 0.4) is 0 Å². The number of carboxylic acids is 1. The summed E-state index contributed by atoms with van der Waals surface area (Å²) < 4.78 is 22.6. The molecule has 1 heterocycles. The van der Waals surface area contributed by atoms with Crippen LogP contribution in [0.25, 0.3) is 0 Å². The Bertz CT molecular complexity index is 653. The first kappa shape index (κ1) is 15.5. The van der Waals surface area contributed by atoms with E-state index in [1.165, 1.54) is 6.07 Å². The van der Waals surface area contributed by atoms with E-state index in [1.807, 2.05) is 0 Å². The third kappa shape index (κ3) is 4.04. The van der Waals surface area contributed by atoms with Crippen molar-refractivity contribution in [2.75, 3.05) is 18.1 Å². The lowest BCUT2D eigenvalue weighted by Crippen LogP contribution is -2.33. The molecule has 1 aliphatic rings. The summed E-state index contributed by atoms with van der Waals surface area (Å²) in [5.41, 5.74) is 0.861. The molecule has 114 valence electrons. The lowest BCUT2D eigenvalue weighted by molar-refractivity contribution is -0.124. The number of amides is 1. The van der Waals surface area contributed by atoms with Gasteiger partial charge in [-0.05, 0) is 24.5 Å². The smallest absolute Gasteiger partial charge is 0.335 e. The molecule has 0 saturated carbocycles. The van der Waals surface area contributed by atoms with Gasteiger partial charge in [-0.25, -0.2) is 13.2 Å². The van der Waals surface area contributed by atoms with E-state index >= 15 is 0 Å². The molecule has 1 amide bonds. The standard InChI is InChI=1S/C14H17NO5S/c16-13(11-6-8-21(19,20)9-11)15-7-5-10-3-1-2-4-12(10)14(17)18/h1-4,11H,5-9H2,(H,15,16)(H,17,18). The largest absolute Gasteiger partial charge is 0.478 e. The highest BCUT2D eigenvalue weighted by Crippen LogP contribution is 2.18. The Hall–Kier alpha value is -1.89. The highest BCUT2D eigenvalue weighted by atomic mass is 32.2. The lowest BCUT2D eigenvalue weighted by Gasteiger charge is -2.10. The predicted octanol–water partition coefficient (Wildman–Crippen LogP) is 0.478. The molecule has 1 aromatic carbocycles. The molecule has 1 aromatic rings. The second kappa shape index (κ2) is 6.26. The molecule has 1 fully saturated rings. The zero-order valence-corrected chi connectivity index (χ0v) is 12.2. The van der Waals surface area contributed by atoms with Crippen LogP contribution >= 0.6 is 0 Å². The van der Waals surface area contributed by atoms with Crippen LogP contribution in [-0.4, -0.2) is 43.5 Å². The van der Waals surface area contributed by atoms with Crippen LogP contribution in [0, 0.1) is 5.92 Å². The van der Waals surface area contributed by atoms with Gasteiger partial charge in [-0.1, -0.05) is 18.2 Å². The fourth-order valence-electron chi connectivity index (χ4n) is 2.41. The van der Waals surface area contributed by atoms with Gasteiger partial charge in [0.2, 0.25) is 5.91 Å². The van der Waals surface area contributed by atoms with E-state index in [0.29, 0.717) is 24.9 Å². The number of carboxylic acid groups (broad SMARTS) is 1. The number of hydrogen-bond acceptors (Lipinski definition) is 4. The normalized spacial score (nSPS) is 20.1. The maximum Gasteiger partial charge on any atom is 0.335 e. The molecule has 6 nitrogen and oxygen atoms in total. The summed E-state index contributed by atoms with van der Waals surface area (Å²) in [7, 11) is -3.07. The van der Waals surface area contributed by atoms with Crippen LogP contribution in [-0.2, 0) is 21.1 Å². The molecule has 2 rings (SSSR count). The van der Waals surface area contributed by atoms with Gasteiger partial charge in [0.05, 0.1) is 23.0 Å². The second-order valence-electron chi connectivity index (χ2n) is 5.10. The van der Waals surface area contributed by atoms with Gasteiger partial charge in [-0.2, -0.15) is 0 Å². The van der Waals surface area contributed by atoms with Crippen molar-refractivity contribution in [3.63, 3.8) is 0 Å². The minimum absolute atomic E-state index is 0.0624. The number of nitrogens with one attached hydrogen (secondary N) is 1. The van der Waals surface area contributed by atoms with Crippen LogP contribution < -0.4 is 5.32 Å².